The van der Waals surface area contributed by atoms with Crippen molar-refractivity contribution in [1.29, 1.82) is 0 Å². The molecule has 0 radical (unpaired) electrons. The number of halogens is 1. The van der Waals surface area contributed by atoms with Crippen molar-refractivity contribution >= 4 is 17.3 Å². The third-order valence-corrected chi connectivity index (χ3v) is 4.46. The van der Waals surface area contributed by atoms with Crippen LogP contribution in [-0.2, 0) is 0 Å². The molecule has 3 aromatic carbocycles. The molecule has 4 rings (SSSR count). The molecule has 27 heavy (non-hydrogen) atoms. The first-order valence-electron chi connectivity index (χ1n) is 8.29. The molecule has 132 valence electrons. The van der Waals surface area contributed by atoms with E-state index in [1.807, 2.05) is 60.7 Å². The Bertz CT molecular complexity index is 1090. The molecule has 0 aliphatic rings. The van der Waals surface area contributed by atoms with Gasteiger partial charge in [-0.1, -0.05) is 72.3 Å². The molecule has 0 spiro atoms. The number of nitrogens with zero attached hydrogens (tertiary/aromatic N) is 3. The topological polar surface area (TPSA) is 61.0 Å². The third kappa shape index (κ3) is 3.20. The maximum Gasteiger partial charge on any atom is 0.323 e. The molecule has 0 aliphatic heterocycles. The number of rotatable bonds is 4. The summed E-state index contributed by atoms with van der Waals surface area (Å²) in [4.78, 5) is 11.7. The van der Waals surface area contributed by atoms with Gasteiger partial charge in [0.25, 0.3) is 0 Å². The fourth-order valence-corrected chi connectivity index (χ4v) is 3.12. The van der Waals surface area contributed by atoms with Crippen molar-refractivity contribution in [2.75, 3.05) is 0 Å². The number of hydrogen-bond acceptors (Lipinski definition) is 3. The minimum Gasteiger partial charge on any atom is -0.258 e. The van der Waals surface area contributed by atoms with E-state index in [0.717, 1.165) is 11.3 Å². The van der Waals surface area contributed by atoms with Crippen molar-refractivity contribution < 1.29 is 4.92 Å². The predicted molar refractivity (Wildman–Crippen MR) is 106 cm³/mol. The van der Waals surface area contributed by atoms with Crippen molar-refractivity contribution in [3.63, 3.8) is 0 Å². The highest BCUT2D eigenvalue weighted by Crippen LogP contribution is 2.40. The monoisotopic (exact) mass is 375 g/mol. The average Bonchev–Trinajstić information content (AvgIpc) is 3.11. The van der Waals surface area contributed by atoms with Gasteiger partial charge in [0.1, 0.15) is 0 Å². The van der Waals surface area contributed by atoms with Gasteiger partial charge in [0.2, 0.25) is 0 Å². The summed E-state index contributed by atoms with van der Waals surface area (Å²) in [6.07, 6.45) is 0. The molecule has 0 saturated carbocycles. The Morgan fingerprint density at radius 3 is 2.00 bits per heavy atom. The Labute approximate surface area is 160 Å². The van der Waals surface area contributed by atoms with Crippen molar-refractivity contribution in [3.8, 4) is 28.2 Å². The van der Waals surface area contributed by atoms with Gasteiger partial charge in [-0.25, -0.2) is 4.68 Å². The summed E-state index contributed by atoms with van der Waals surface area (Å²) in [5.41, 5.74) is 2.82. The highest BCUT2D eigenvalue weighted by atomic mass is 35.5. The molecule has 1 aromatic heterocycles. The van der Waals surface area contributed by atoms with Crippen LogP contribution in [0.15, 0.2) is 84.9 Å². The molecule has 0 fully saturated rings. The minimum atomic E-state index is -0.376. The molecule has 0 amide bonds. The predicted octanol–water partition coefficient (Wildman–Crippen LogP) is 5.77. The van der Waals surface area contributed by atoms with Crippen LogP contribution < -0.4 is 0 Å². The first kappa shape index (κ1) is 17.0. The van der Waals surface area contributed by atoms with Crippen LogP contribution in [0.2, 0.25) is 5.02 Å². The molecule has 6 heteroatoms. The van der Waals surface area contributed by atoms with Gasteiger partial charge in [0.15, 0.2) is 11.4 Å². The van der Waals surface area contributed by atoms with E-state index in [4.69, 9.17) is 11.6 Å². The summed E-state index contributed by atoms with van der Waals surface area (Å²) in [7, 11) is 0. The zero-order valence-electron chi connectivity index (χ0n) is 14.1. The van der Waals surface area contributed by atoms with E-state index in [-0.39, 0.29) is 10.6 Å². The van der Waals surface area contributed by atoms with E-state index in [2.05, 4.69) is 5.10 Å². The lowest BCUT2D eigenvalue weighted by molar-refractivity contribution is -0.383. The van der Waals surface area contributed by atoms with Gasteiger partial charge >= 0.3 is 5.69 Å². The van der Waals surface area contributed by atoms with Gasteiger partial charge < -0.3 is 0 Å². The standard InChI is InChI=1S/C21H14ClN3O2/c22-17-13-11-15(12-14-17)19-21(25(26)27)20(16-7-3-1-4-8-16)24(23-19)18-9-5-2-6-10-18/h1-14H. The molecule has 0 saturated heterocycles. The highest BCUT2D eigenvalue weighted by molar-refractivity contribution is 6.30. The van der Waals surface area contributed by atoms with E-state index < -0.39 is 0 Å². The summed E-state index contributed by atoms with van der Waals surface area (Å²) in [6, 6.07) is 25.5. The number of para-hydroxylation sites is 1. The van der Waals surface area contributed by atoms with Gasteiger partial charge in [0.05, 0.1) is 10.6 Å². The molecular weight excluding hydrogens is 362 g/mol. The zero-order chi connectivity index (χ0) is 18.8. The van der Waals surface area contributed by atoms with Gasteiger partial charge in [0, 0.05) is 16.1 Å². The normalized spacial score (nSPS) is 10.7. The van der Waals surface area contributed by atoms with Crippen LogP contribution in [0.1, 0.15) is 0 Å². The molecule has 5 nitrogen and oxygen atoms in total. The third-order valence-electron chi connectivity index (χ3n) is 4.21. The summed E-state index contributed by atoms with van der Waals surface area (Å²) < 4.78 is 1.62. The number of nitro groups is 1. The Balaban J connectivity index is 2.05. The van der Waals surface area contributed by atoms with Crippen molar-refractivity contribution in [3.05, 3.63) is 100 Å². The Hall–Kier alpha value is -3.44. The highest BCUT2D eigenvalue weighted by Gasteiger charge is 2.30. The lowest BCUT2D eigenvalue weighted by Gasteiger charge is -2.06. The lowest BCUT2D eigenvalue weighted by Crippen LogP contribution is -2.00. The van der Waals surface area contributed by atoms with Crippen LogP contribution in [0.25, 0.3) is 28.2 Å². The largest absolute Gasteiger partial charge is 0.323 e. The summed E-state index contributed by atoms with van der Waals surface area (Å²) in [5, 5.41) is 17.2. The van der Waals surface area contributed by atoms with Crippen LogP contribution in [0, 0.1) is 10.1 Å². The van der Waals surface area contributed by atoms with Gasteiger partial charge in [-0.05, 0) is 24.3 Å². The Kier molecular flexibility index (Phi) is 4.44. The Morgan fingerprint density at radius 2 is 1.41 bits per heavy atom. The first-order chi connectivity index (χ1) is 13.1. The molecule has 0 atom stereocenters. The molecule has 1 heterocycles. The molecule has 0 N–H and O–H groups in total. The summed E-state index contributed by atoms with van der Waals surface area (Å²) in [6.45, 7) is 0. The average molecular weight is 376 g/mol. The first-order valence-corrected chi connectivity index (χ1v) is 8.67. The van der Waals surface area contributed by atoms with Crippen LogP contribution in [-0.4, -0.2) is 14.7 Å². The minimum absolute atomic E-state index is 0.0348. The molecular formula is C21H14ClN3O2. The lowest BCUT2D eigenvalue weighted by atomic mass is 10.1. The van der Waals surface area contributed by atoms with E-state index in [9.17, 15) is 10.1 Å². The number of hydrogen-bond donors (Lipinski definition) is 0. The Morgan fingerprint density at radius 1 is 0.815 bits per heavy atom. The van der Waals surface area contributed by atoms with Crippen molar-refractivity contribution in [1.82, 2.24) is 9.78 Å². The summed E-state index contributed by atoms with van der Waals surface area (Å²) in [5.74, 6) is 0. The number of aromatic nitrogens is 2. The molecule has 0 unspecified atom stereocenters. The smallest absolute Gasteiger partial charge is 0.258 e. The maximum absolute atomic E-state index is 12.0. The van der Waals surface area contributed by atoms with Crippen molar-refractivity contribution in [2.45, 2.75) is 0 Å². The molecule has 0 aliphatic carbocycles. The van der Waals surface area contributed by atoms with E-state index in [1.165, 1.54) is 0 Å². The van der Waals surface area contributed by atoms with Crippen LogP contribution in [0.3, 0.4) is 0 Å². The van der Waals surface area contributed by atoms with Gasteiger partial charge in [-0.2, -0.15) is 5.10 Å². The van der Waals surface area contributed by atoms with E-state index >= 15 is 0 Å². The maximum atomic E-state index is 12.0. The van der Waals surface area contributed by atoms with Crippen LogP contribution in [0.4, 0.5) is 5.69 Å². The second-order valence-corrected chi connectivity index (χ2v) is 6.36. The van der Waals surface area contributed by atoms with Gasteiger partial charge in [-0.15, -0.1) is 0 Å². The fourth-order valence-electron chi connectivity index (χ4n) is 3.00. The van der Waals surface area contributed by atoms with E-state index in [1.54, 1.807) is 28.9 Å². The van der Waals surface area contributed by atoms with Crippen molar-refractivity contribution in [2.24, 2.45) is 0 Å². The summed E-state index contributed by atoms with van der Waals surface area (Å²) >= 11 is 5.97. The fraction of sp³-hybridized carbons (Fsp3) is 0. The number of benzene rings is 3. The second kappa shape index (κ2) is 7.05. The van der Waals surface area contributed by atoms with Crippen LogP contribution >= 0.6 is 11.6 Å². The van der Waals surface area contributed by atoms with Crippen LogP contribution in [0.5, 0.6) is 0 Å². The molecule has 0 bridgehead atoms. The van der Waals surface area contributed by atoms with E-state index in [0.29, 0.717) is 22.0 Å². The second-order valence-electron chi connectivity index (χ2n) is 5.92. The SMILES string of the molecule is O=[N+]([O-])c1c(-c2ccc(Cl)cc2)nn(-c2ccccc2)c1-c1ccccc1. The zero-order valence-corrected chi connectivity index (χ0v) is 14.9. The van der Waals surface area contributed by atoms with Gasteiger partial charge in [-0.3, -0.25) is 10.1 Å². The quantitative estimate of drug-likeness (QED) is 0.336. The molecule has 4 aromatic rings.